The number of hydrogen-bond acceptors (Lipinski definition) is 6. The molecular weight excluding hydrogens is 342 g/mol. The molecule has 1 N–H and O–H groups in total. The van der Waals surface area contributed by atoms with Crippen LogP contribution < -0.4 is 4.74 Å². The van der Waals surface area contributed by atoms with Gasteiger partial charge in [0.2, 0.25) is 0 Å². The predicted octanol–water partition coefficient (Wildman–Crippen LogP) is 3.94. The molecule has 0 amide bonds. The third-order valence-electron chi connectivity index (χ3n) is 4.28. The number of ether oxygens (including phenoxy) is 1. The highest BCUT2D eigenvalue weighted by atomic mass is 16.5. The third kappa shape index (κ3) is 3.52. The minimum atomic E-state index is -0.0184. The molecule has 27 heavy (non-hydrogen) atoms. The molecule has 0 aliphatic heterocycles. The molecule has 0 unspecified atom stereocenters. The van der Waals surface area contributed by atoms with Crippen molar-refractivity contribution in [1.29, 1.82) is 0 Å². The minimum absolute atomic E-state index is 0.0184. The largest absolute Gasteiger partial charge is 0.491 e. The van der Waals surface area contributed by atoms with E-state index >= 15 is 0 Å². The van der Waals surface area contributed by atoms with E-state index in [0.717, 1.165) is 33.3 Å². The van der Waals surface area contributed by atoms with Gasteiger partial charge in [0.1, 0.15) is 12.4 Å². The number of rotatable bonds is 5. The van der Waals surface area contributed by atoms with Gasteiger partial charge in [0.15, 0.2) is 5.82 Å². The molecule has 2 heterocycles. The van der Waals surface area contributed by atoms with Gasteiger partial charge in [-0.2, -0.15) is 4.98 Å². The fourth-order valence-electron chi connectivity index (χ4n) is 3.01. The number of hydrogen-bond donors (Lipinski definition) is 1. The van der Waals surface area contributed by atoms with Crippen LogP contribution in [-0.4, -0.2) is 33.4 Å². The maximum atomic E-state index is 8.94. The SMILES string of the molecule is Cc1noc(-c2ccc3c(C)cc(-c4cccc(OCCO)c4)nc3c2)n1. The van der Waals surface area contributed by atoms with Gasteiger partial charge in [-0.3, -0.25) is 0 Å². The summed E-state index contributed by atoms with van der Waals surface area (Å²) < 4.78 is 10.8. The summed E-state index contributed by atoms with van der Waals surface area (Å²) in [6.07, 6.45) is 0. The van der Waals surface area contributed by atoms with Crippen LogP contribution in [0.2, 0.25) is 0 Å². The number of aliphatic hydroxyl groups is 1. The second-order valence-corrected chi connectivity index (χ2v) is 6.30. The highest BCUT2D eigenvalue weighted by molar-refractivity contribution is 5.88. The van der Waals surface area contributed by atoms with E-state index in [1.807, 2.05) is 42.5 Å². The summed E-state index contributed by atoms with van der Waals surface area (Å²) in [5.74, 6) is 1.79. The summed E-state index contributed by atoms with van der Waals surface area (Å²) in [4.78, 5) is 9.11. The van der Waals surface area contributed by atoms with E-state index in [9.17, 15) is 0 Å². The van der Waals surface area contributed by atoms with E-state index in [-0.39, 0.29) is 13.2 Å². The molecule has 0 fully saturated rings. The molecule has 136 valence electrons. The van der Waals surface area contributed by atoms with Crippen molar-refractivity contribution in [3.05, 3.63) is 59.9 Å². The zero-order valence-corrected chi connectivity index (χ0v) is 15.1. The molecule has 2 aromatic heterocycles. The van der Waals surface area contributed by atoms with Crippen LogP contribution in [-0.2, 0) is 0 Å². The van der Waals surface area contributed by atoms with Crippen LogP contribution in [0.4, 0.5) is 0 Å². The fourth-order valence-corrected chi connectivity index (χ4v) is 3.01. The van der Waals surface area contributed by atoms with E-state index in [4.69, 9.17) is 19.4 Å². The Morgan fingerprint density at radius 2 is 1.89 bits per heavy atom. The number of fused-ring (bicyclic) bond motifs is 1. The van der Waals surface area contributed by atoms with Gasteiger partial charge in [0.05, 0.1) is 17.8 Å². The third-order valence-corrected chi connectivity index (χ3v) is 4.28. The normalized spacial score (nSPS) is 11.1. The van der Waals surface area contributed by atoms with Gasteiger partial charge in [0.25, 0.3) is 5.89 Å². The lowest BCUT2D eigenvalue weighted by Gasteiger charge is -2.09. The van der Waals surface area contributed by atoms with Gasteiger partial charge in [-0.25, -0.2) is 4.98 Å². The summed E-state index contributed by atoms with van der Waals surface area (Å²) >= 11 is 0. The molecular formula is C21H19N3O3. The van der Waals surface area contributed by atoms with Crippen LogP contribution >= 0.6 is 0 Å². The average Bonchev–Trinajstić information content (AvgIpc) is 3.12. The summed E-state index contributed by atoms with van der Waals surface area (Å²) in [7, 11) is 0. The number of aliphatic hydroxyl groups excluding tert-OH is 1. The first-order chi connectivity index (χ1) is 13.1. The van der Waals surface area contributed by atoms with Gasteiger partial charge in [-0.05, 0) is 49.7 Å². The quantitative estimate of drug-likeness (QED) is 0.580. The first-order valence-corrected chi connectivity index (χ1v) is 8.70. The number of aryl methyl sites for hydroxylation is 2. The van der Waals surface area contributed by atoms with Gasteiger partial charge in [0, 0.05) is 16.5 Å². The Hall–Kier alpha value is -3.25. The zero-order chi connectivity index (χ0) is 18.8. The molecule has 4 aromatic rings. The topological polar surface area (TPSA) is 81.3 Å². The Morgan fingerprint density at radius 3 is 2.67 bits per heavy atom. The second-order valence-electron chi connectivity index (χ2n) is 6.30. The van der Waals surface area contributed by atoms with E-state index in [0.29, 0.717) is 17.5 Å². The monoisotopic (exact) mass is 361 g/mol. The number of pyridine rings is 1. The summed E-state index contributed by atoms with van der Waals surface area (Å²) in [6, 6.07) is 15.7. The molecule has 0 radical (unpaired) electrons. The maximum Gasteiger partial charge on any atom is 0.257 e. The van der Waals surface area contributed by atoms with Crippen molar-refractivity contribution >= 4 is 10.9 Å². The van der Waals surface area contributed by atoms with E-state index in [2.05, 4.69) is 23.1 Å². The Balaban J connectivity index is 1.78. The number of nitrogens with zero attached hydrogens (tertiary/aromatic N) is 3. The minimum Gasteiger partial charge on any atom is -0.491 e. The van der Waals surface area contributed by atoms with Crippen molar-refractivity contribution in [2.45, 2.75) is 13.8 Å². The fraction of sp³-hybridized carbons (Fsp3) is 0.190. The molecule has 0 atom stereocenters. The van der Waals surface area contributed by atoms with Crippen LogP contribution in [0.3, 0.4) is 0 Å². The highest BCUT2D eigenvalue weighted by Crippen LogP contribution is 2.29. The van der Waals surface area contributed by atoms with Crippen molar-refractivity contribution in [2.24, 2.45) is 0 Å². The smallest absolute Gasteiger partial charge is 0.257 e. The van der Waals surface area contributed by atoms with Crippen molar-refractivity contribution in [3.8, 4) is 28.5 Å². The molecule has 0 saturated heterocycles. The van der Waals surface area contributed by atoms with Crippen LogP contribution in [0.1, 0.15) is 11.4 Å². The summed E-state index contributed by atoms with van der Waals surface area (Å²) in [5.41, 5.74) is 4.64. The summed E-state index contributed by atoms with van der Waals surface area (Å²) in [5, 5.41) is 13.9. The lowest BCUT2D eigenvalue weighted by atomic mass is 10.0. The van der Waals surface area contributed by atoms with Gasteiger partial charge in [-0.1, -0.05) is 23.4 Å². The lowest BCUT2D eigenvalue weighted by Crippen LogP contribution is -2.01. The van der Waals surface area contributed by atoms with Gasteiger partial charge >= 0.3 is 0 Å². The molecule has 0 aliphatic rings. The van der Waals surface area contributed by atoms with Crippen LogP contribution in [0.5, 0.6) is 5.75 Å². The Bertz CT molecular complexity index is 1100. The van der Waals surface area contributed by atoms with Crippen LogP contribution in [0, 0.1) is 13.8 Å². The van der Waals surface area contributed by atoms with E-state index in [1.54, 1.807) is 6.92 Å². The Kier molecular flexibility index (Phi) is 4.56. The molecule has 0 spiro atoms. The molecule has 6 nitrogen and oxygen atoms in total. The second kappa shape index (κ2) is 7.17. The molecule has 2 aromatic carbocycles. The van der Waals surface area contributed by atoms with E-state index < -0.39 is 0 Å². The first kappa shape index (κ1) is 17.2. The first-order valence-electron chi connectivity index (χ1n) is 8.70. The summed E-state index contributed by atoms with van der Waals surface area (Å²) in [6.45, 7) is 4.10. The van der Waals surface area contributed by atoms with Crippen molar-refractivity contribution in [2.75, 3.05) is 13.2 Å². The maximum absolute atomic E-state index is 8.94. The van der Waals surface area contributed by atoms with Crippen LogP contribution in [0.15, 0.2) is 53.1 Å². The van der Waals surface area contributed by atoms with Crippen molar-refractivity contribution in [1.82, 2.24) is 15.1 Å². The number of aromatic nitrogens is 3. The zero-order valence-electron chi connectivity index (χ0n) is 15.1. The Morgan fingerprint density at radius 1 is 1.00 bits per heavy atom. The van der Waals surface area contributed by atoms with Crippen molar-refractivity contribution < 1.29 is 14.4 Å². The average molecular weight is 361 g/mol. The molecule has 0 aliphatic carbocycles. The standard InChI is InChI=1S/C21H19N3O3/c1-13-10-19(15-4-3-5-17(11-15)26-9-8-25)23-20-12-16(6-7-18(13)20)21-22-14(2)24-27-21/h3-7,10-12,25H,8-9H2,1-2H3. The molecule has 0 bridgehead atoms. The Labute approximate surface area is 156 Å². The molecule has 4 rings (SSSR count). The van der Waals surface area contributed by atoms with Gasteiger partial charge < -0.3 is 14.4 Å². The van der Waals surface area contributed by atoms with Gasteiger partial charge in [-0.15, -0.1) is 0 Å². The lowest BCUT2D eigenvalue weighted by molar-refractivity contribution is 0.201. The van der Waals surface area contributed by atoms with E-state index in [1.165, 1.54) is 0 Å². The van der Waals surface area contributed by atoms with Crippen molar-refractivity contribution in [3.63, 3.8) is 0 Å². The molecule has 6 heteroatoms. The predicted molar refractivity (Wildman–Crippen MR) is 103 cm³/mol. The van der Waals surface area contributed by atoms with Crippen LogP contribution in [0.25, 0.3) is 33.6 Å². The molecule has 0 saturated carbocycles. The highest BCUT2D eigenvalue weighted by Gasteiger charge is 2.11. The number of benzene rings is 2.